The molecule has 0 aromatic carbocycles. The Labute approximate surface area is 291 Å². The second-order valence-electron chi connectivity index (χ2n) is 11.2. The number of aromatic carboxylic acids is 1. The maximum Gasteiger partial charge on any atom is 3.00 e. The van der Waals surface area contributed by atoms with Crippen LogP contribution in [0.2, 0.25) is 0 Å². The third kappa shape index (κ3) is 6.74. The van der Waals surface area contributed by atoms with Crippen molar-refractivity contribution >= 4 is 46.7 Å². The van der Waals surface area contributed by atoms with Crippen LogP contribution in [0.15, 0.2) is 85.4 Å². The number of allylic oxidation sites excluding steroid dienone is 8. The van der Waals surface area contributed by atoms with E-state index in [4.69, 9.17) is 15.0 Å². The first kappa shape index (κ1) is 37.2. The molecular formula is C34H29FeN4NiO7. The van der Waals surface area contributed by atoms with Crippen molar-refractivity contribution in [3.63, 3.8) is 0 Å². The van der Waals surface area contributed by atoms with Crippen LogP contribution in [-0.4, -0.2) is 35.0 Å². The minimum atomic E-state index is -1.58. The molecule has 0 N–H and O–H groups in total. The average molecular weight is 720 g/mol. The quantitative estimate of drug-likeness (QED) is 0.234. The van der Waals surface area contributed by atoms with Crippen LogP contribution in [0.5, 0.6) is 0 Å². The largest absolute Gasteiger partial charge is 3.00 e. The molecule has 2 atom stereocenters. The Morgan fingerprint density at radius 3 is 2.28 bits per heavy atom. The fourth-order valence-corrected chi connectivity index (χ4v) is 6.29. The molecule has 0 saturated heterocycles. The topological polar surface area (TPSA) is 195 Å². The van der Waals surface area contributed by atoms with Gasteiger partial charge in [-0.25, -0.2) is 9.98 Å². The number of rotatable bonds is 8. The van der Waals surface area contributed by atoms with Gasteiger partial charge in [-0.1, -0.05) is 38.1 Å². The Balaban J connectivity index is 0.00000300. The molecule has 13 heteroatoms. The zero-order chi connectivity index (χ0) is 32.7. The zero-order valence-corrected chi connectivity index (χ0v) is 28.0. The smallest absolute Gasteiger partial charge is 0.877 e. The molecule has 0 fully saturated rings. The maximum absolute atomic E-state index is 12.5. The Morgan fingerprint density at radius 1 is 1.00 bits per heavy atom. The van der Waals surface area contributed by atoms with Crippen molar-refractivity contribution in [2.45, 2.75) is 53.4 Å². The SMILES string of the molecule is C=CC1=C(C)C2=NC1=CC1=NC(=C(CC)/C1=C\[O-])C=c1[n-]c(c(C(=O)[O-])c1C)=C(CC(=O)[O-])C1=NC(=C2)[C@@H](C)[C@@H]1CCC(=O)[O-].[Fe+3].[Ni+2]. The summed E-state index contributed by atoms with van der Waals surface area (Å²) >= 11 is 0. The van der Waals surface area contributed by atoms with Gasteiger partial charge in [-0.2, -0.15) is 0 Å². The van der Waals surface area contributed by atoms with E-state index in [1.807, 2.05) is 20.8 Å². The van der Waals surface area contributed by atoms with Crippen molar-refractivity contribution in [1.82, 2.24) is 4.98 Å². The van der Waals surface area contributed by atoms with Crippen LogP contribution in [0, 0.1) is 18.8 Å². The summed E-state index contributed by atoms with van der Waals surface area (Å²) in [5.41, 5.74) is 4.82. The van der Waals surface area contributed by atoms with E-state index in [1.165, 1.54) is 6.92 Å². The van der Waals surface area contributed by atoms with Crippen LogP contribution >= 0.6 is 0 Å². The first-order valence-electron chi connectivity index (χ1n) is 14.5. The molecule has 0 spiro atoms. The fourth-order valence-electron chi connectivity index (χ4n) is 6.29. The number of nitrogens with zero attached hydrogens (tertiary/aromatic N) is 4. The van der Waals surface area contributed by atoms with E-state index in [2.05, 4.69) is 11.6 Å². The second-order valence-corrected chi connectivity index (χ2v) is 11.2. The van der Waals surface area contributed by atoms with Crippen molar-refractivity contribution in [2.75, 3.05) is 0 Å². The third-order valence-electron chi connectivity index (χ3n) is 8.64. The Hall–Kier alpha value is -4.31. The number of carboxylic acids is 3. The number of carbonyl (C=O) groups is 3. The van der Waals surface area contributed by atoms with Crippen LogP contribution in [0.25, 0.3) is 11.6 Å². The summed E-state index contributed by atoms with van der Waals surface area (Å²) < 4.78 is 0. The monoisotopic (exact) mass is 719 g/mol. The minimum Gasteiger partial charge on any atom is -0.877 e. The van der Waals surface area contributed by atoms with Crippen molar-refractivity contribution in [3.8, 4) is 0 Å². The molecule has 11 nitrogen and oxygen atoms in total. The molecule has 4 aliphatic rings. The summed E-state index contributed by atoms with van der Waals surface area (Å²) in [6, 6.07) is 0. The van der Waals surface area contributed by atoms with E-state index in [9.17, 15) is 34.8 Å². The van der Waals surface area contributed by atoms with Gasteiger partial charge in [0.1, 0.15) is 0 Å². The molecule has 47 heavy (non-hydrogen) atoms. The molecule has 0 saturated carbocycles. The van der Waals surface area contributed by atoms with Crippen LogP contribution in [0.3, 0.4) is 0 Å². The molecule has 1 aromatic heterocycles. The van der Waals surface area contributed by atoms with Crippen molar-refractivity contribution in [3.05, 3.63) is 92.3 Å². The van der Waals surface area contributed by atoms with Gasteiger partial charge >= 0.3 is 33.6 Å². The summed E-state index contributed by atoms with van der Waals surface area (Å²) in [6.45, 7) is 11.0. The molecule has 0 amide bonds. The van der Waals surface area contributed by atoms with E-state index in [0.717, 1.165) is 11.1 Å². The van der Waals surface area contributed by atoms with E-state index in [-0.39, 0.29) is 79.5 Å². The molecule has 0 aliphatic carbocycles. The van der Waals surface area contributed by atoms with E-state index in [0.29, 0.717) is 52.3 Å². The molecule has 5 rings (SSSR count). The number of hydrogen-bond acceptors (Lipinski definition) is 10. The third-order valence-corrected chi connectivity index (χ3v) is 8.64. The van der Waals surface area contributed by atoms with Gasteiger partial charge in [0.05, 0.1) is 28.8 Å². The molecule has 1 radical (unpaired) electrons. The number of fused-ring (bicyclic) bond motifs is 5. The minimum absolute atomic E-state index is 0. The molecule has 1 aromatic rings. The van der Waals surface area contributed by atoms with Crippen LogP contribution < -0.4 is 36.1 Å². The Kier molecular flexibility index (Phi) is 11.6. The van der Waals surface area contributed by atoms with E-state index in [1.54, 1.807) is 24.3 Å². The van der Waals surface area contributed by atoms with Gasteiger partial charge in [0, 0.05) is 47.2 Å². The molecular weight excluding hydrogens is 691 g/mol. The maximum atomic E-state index is 12.5. The normalized spacial score (nSPS) is 20.8. The standard InChI is InChI=1S/C34H34N4O7.Fe.Ni/c1-6-18-15(3)23-11-24-16(4)20(8-9-29(40)41)32(37-24)21(10-30(42)43)33-31(34(44)45)17(5)25(38-33)12-27-19(7-2)22(14-39)28(36-27)13-26(18)35-23;;/h6,11-14,16,20H,1,7-10H2,2-5H3,(H5,35,36,37,38,39,40,41,42,43,44,45);;/q;+3;+2/p-5/t16-,20-;;/m0../s1. The van der Waals surface area contributed by atoms with Crippen LogP contribution in [0.4, 0.5) is 0 Å². The first-order chi connectivity index (χ1) is 21.4. The predicted molar refractivity (Wildman–Crippen MR) is 159 cm³/mol. The summed E-state index contributed by atoms with van der Waals surface area (Å²) in [7, 11) is 0. The van der Waals surface area contributed by atoms with Gasteiger partial charge in [-0.15, -0.1) is 17.0 Å². The van der Waals surface area contributed by atoms with E-state index >= 15 is 0 Å². The Bertz CT molecular complexity index is 1970. The average Bonchev–Trinajstić information content (AvgIpc) is 3.67. The van der Waals surface area contributed by atoms with Crippen molar-refractivity contribution in [2.24, 2.45) is 26.8 Å². The summed E-state index contributed by atoms with van der Waals surface area (Å²) in [5.74, 6) is -5.40. The van der Waals surface area contributed by atoms with Gasteiger partial charge < -0.3 is 39.8 Å². The van der Waals surface area contributed by atoms with Crippen LogP contribution in [-0.2, 0) is 43.1 Å². The molecule has 0 unspecified atom stereocenters. The number of aromatic nitrogens is 1. The molecule has 5 heterocycles. The number of aliphatic imine (C=N–C) groups is 3. The van der Waals surface area contributed by atoms with Gasteiger partial charge in [0.25, 0.3) is 0 Å². The van der Waals surface area contributed by atoms with Gasteiger partial charge in [0.2, 0.25) is 0 Å². The predicted octanol–water partition coefficient (Wildman–Crippen LogP) is -1.28. The van der Waals surface area contributed by atoms with Crippen LogP contribution in [0.1, 0.15) is 62.4 Å². The molecule has 4 aliphatic heterocycles. The second kappa shape index (κ2) is 14.6. The zero-order valence-electron chi connectivity index (χ0n) is 25.9. The number of aliphatic carboxylic acids is 2. The summed E-state index contributed by atoms with van der Waals surface area (Å²) in [6.07, 6.45) is 6.76. The number of hydrogen-bond donors (Lipinski definition) is 0. The van der Waals surface area contributed by atoms with Gasteiger partial charge in [0.15, 0.2) is 0 Å². The van der Waals surface area contributed by atoms with Crippen molar-refractivity contribution in [1.29, 1.82) is 0 Å². The van der Waals surface area contributed by atoms with Crippen molar-refractivity contribution < 1.29 is 68.4 Å². The Morgan fingerprint density at radius 2 is 1.70 bits per heavy atom. The fraction of sp³-hybridized carbons (Fsp3) is 0.294. The summed E-state index contributed by atoms with van der Waals surface area (Å²) in [5, 5.41) is 48.5. The van der Waals surface area contributed by atoms with E-state index < -0.39 is 36.2 Å². The summed E-state index contributed by atoms with van der Waals surface area (Å²) in [4.78, 5) is 55.0. The van der Waals surface area contributed by atoms with Gasteiger partial charge in [-0.3, -0.25) is 4.99 Å². The first-order valence-corrected chi connectivity index (χ1v) is 14.5. The molecule has 245 valence electrons. The molecule has 8 bridgehead atoms. The van der Waals surface area contributed by atoms with Gasteiger partial charge in [-0.05, 0) is 73.1 Å². The number of carbonyl (C=O) groups excluding carboxylic acids is 3. The number of carboxylic acid groups (broad SMARTS) is 3.